The van der Waals surface area contributed by atoms with Crippen LogP contribution in [0.5, 0.6) is 0 Å². The molecule has 128 valence electrons. The molecule has 0 fully saturated rings. The highest BCUT2D eigenvalue weighted by Crippen LogP contribution is 2.18. The van der Waals surface area contributed by atoms with Gasteiger partial charge in [-0.3, -0.25) is 14.9 Å². The van der Waals surface area contributed by atoms with Crippen molar-refractivity contribution in [3.8, 4) is 0 Å². The van der Waals surface area contributed by atoms with Gasteiger partial charge in [-0.25, -0.2) is 4.98 Å². The quantitative estimate of drug-likeness (QED) is 0.553. The van der Waals surface area contributed by atoms with Gasteiger partial charge in [-0.1, -0.05) is 24.3 Å². The summed E-state index contributed by atoms with van der Waals surface area (Å²) in [7, 11) is 1.59. The SMILES string of the molecule is CNC(=O)c1ccccc1Nc1ccn2c(=O)c3ccccc3nc2[nH+]1. The molecule has 1 amide bonds. The predicted octanol–water partition coefficient (Wildman–Crippen LogP) is 1.76. The summed E-state index contributed by atoms with van der Waals surface area (Å²) >= 11 is 0. The lowest BCUT2D eigenvalue weighted by Gasteiger charge is -2.08. The van der Waals surface area contributed by atoms with E-state index in [1.165, 1.54) is 4.40 Å². The number of anilines is 2. The Kier molecular flexibility index (Phi) is 3.81. The Balaban J connectivity index is 1.81. The van der Waals surface area contributed by atoms with Gasteiger partial charge in [-0.15, -0.1) is 4.98 Å². The highest BCUT2D eigenvalue weighted by atomic mass is 16.1. The third-order valence-corrected chi connectivity index (χ3v) is 4.11. The van der Waals surface area contributed by atoms with Gasteiger partial charge in [0, 0.05) is 13.1 Å². The van der Waals surface area contributed by atoms with Gasteiger partial charge >= 0.3 is 11.3 Å². The van der Waals surface area contributed by atoms with E-state index in [0.29, 0.717) is 33.7 Å². The summed E-state index contributed by atoms with van der Waals surface area (Å²) in [6, 6.07) is 16.1. The van der Waals surface area contributed by atoms with E-state index in [4.69, 9.17) is 0 Å². The molecule has 4 rings (SSSR count). The van der Waals surface area contributed by atoms with Crippen molar-refractivity contribution in [2.75, 3.05) is 12.4 Å². The van der Waals surface area contributed by atoms with Gasteiger partial charge in [0.25, 0.3) is 5.91 Å². The van der Waals surface area contributed by atoms with E-state index >= 15 is 0 Å². The fourth-order valence-corrected chi connectivity index (χ4v) is 2.83. The van der Waals surface area contributed by atoms with E-state index in [1.54, 1.807) is 43.6 Å². The van der Waals surface area contributed by atoms with Crippen LogP contribution in [0.3, 0.4) is 0 Å². The number of amides is 1. The number of aromatic amines is 1. The number of aromatic nitrogens is 3. The lowest BCUT2D eigenvalue weighted by Crippen LogP contribution is -2.24. The lowest BCUT2D eigenvalue weighted by atomic mass is 10.1. The first kappa shape index (κ1) is 15.8. The topological polar surface area (TPSA) is 89.6 Å². The predicted molar refractivity (Wildman–Crippen MR) is 98.6 cm³/mol. The molecule has 0 atom stereocenters. The van der Waals surface area contributed by atoms with E-state index < -0.39 is 0 Å². The summed E-state index contributed by atoms with van der Waals surface area (Å²) < 4.78 is 1.46. The highest BCUT2D eigenvalue weighted by molar-refractivity contribution is 5.99. The van der Waals surface area contributed by atoms with Crippen LogP contribution in [0.1, 0.15) is 10.4 Å². The van der Waals surface area contributed by atoms with Crippen LogP contribution in [0.15, 0.2) is 65.6 Å². The van der Waals surface area contributed by atoms with Gasteiger partial charge < -0.3 is 5.32 Å². The zero-order chi connectivity index (χ0) is 18.1. The molecule has 0 aliphatic carbocycles. The number of carbonyl (C=O) groups excluding carboxylic acids is 1. The van der Waals surface area contributed by atoms with Crippen LogP contribution in [0.2, 0.25) is 0 Å². The van der Waals surface area contributed by atoms with Crippen LogP contribution in [0, 0.1) is 0 Å². The Morgan fingerprint density at radius 1 is 1.08 bits per heavy atom. The number of fused-ring (bicyclic) bond motifs is 2. The Hall–Kier alpha value is -3.74. The molecule has 3 N–H and O–H groups in total. The zero-order valence-electron chi connectivity index (χ0n) is 14.0. The summed E-state index contributed by atoms with van der Waals surface area (Å²) in [5.41, 5.74) is 1.65. The van der Waals surface area contributed by atoms with Crippen molar-refractivity contribution in [3.63, 3.8) is 0 Å². The number of H-pyrrole nitrogens is 1. The molecule has 0 saturated carbocycles. The smallest absolute Gasteiger partial charge is 0.355 e. The van der Waals surface area contributed by atoms with Gasteiger partial charge in [0.1, 0.15) is 5.52 Å². The largest absolute Gasteiger partial charge is 0.359 e. The van der Waals surface area contributed by atoms with Gasteiger partial charge in [-0.2, -0.15) is 4.40 Å². The molecule has 2 aromatic carbocycles. The minimum absolute atomic E-state index is 0.140. The Morgan fingerprint density at radius 3 is 2.69 bits per heavy atom. The number of benzene rings is 2. The first-order chi connectivity index (χ1) is 12.7. The summed E-state index contributed by atoms with van der Waals surface area (Å²) in [6.45, 7) is 0. The second kappa shape index (κ2) is 6.29. The molecule has 4 aromatic rings. The Morgan fingerprint density at radius 2 is 1.85 bits per heavy atom. The third kappa shape index (κ3) is 2.65. The minimum atomic E-state index is -0.186. The zero-order valence-corrected chi connectivity index (χ0v) is 14.0. The van der Waals surface area contributed by atoms with Crippen molar-refractivity contribution in [3.05, 3.63) is 76.7 Å². The first-order valence-electron chi connectivity index (χ1n) is 8.09. The minimum Gasteiger partial charge on any atom is -0.355 e. The van der Waals surface area contributed by atoms with Gasteiger partial charge in [0.15, 0.2) is 5.82 Å². The number of carbonyl (C=O) groups is 1. The maximum absolute atomic E-state index is 12.6. The summed E-state index contributed by atoms with van der Waals surface area (Å²) in [5.74, 6) is 0.842. The van der Waals surface area contributed by atoms with Crippen LogP contribution in [-0.2, 0) is 0 Å². The van der Waals surface area contributed by atoms with E-state index in [-0.39, 0.29) is 11.5 Å². The van der Waals surface area contributed by atoms with Crippen molar-refractivity contribution in [2.45, 2.75) is 0 Å². The normalized spacial score (nSPS) is 10.8. The van der Waals surface area contributed by atoms with Crippen molar-refractivity contribution in [1.29, 1.82) is 0 Å². The van der Waals surface area contributed by atoms with Crippen LogP contribution < -0.4 is 21.2 Å². The van der Waals surface area contributed by atoms with Crippen LogP contribution in [-0.4, -0.2) is 22.3 Å². The molecule has 0 bridgehead atoms. The molecule has 7 heteroatoms. The molecule has 2 aromatic heterocycles. The van der Waals surface area contributed by atoms with Crippen molar-refractivity contribution >= 4 is 34.1 Å². The van der Waals surface area contributed by atoms with E-state index in [0.717, 1.165) is 0 Å². The average molecular weight is 346 g/mol. The molecule has 0 spiro atoms. The Labute approximate surface area is 148 Å². The number of nitrogens with zero attached hydrogens (tertiary/aromatic N) is 2. The highest BCUT2D eigenvalue weighted by Gasteiger charge is 2.14. The van der Waals surface area contributed by atoms with E-state index in [9.17, 15) is 9.59 Å². The van der Waals surface area contributed by atoms with Crippen molar-refractivity contribution in [2.24, 2.45) is 0 Å². The number of nitrogens with one attached hydrogen (secondary N) is 3. The van der Waals surface area contributed by atoms with Gasteiger partial charge in [-0.05, 0) is 24.3 Å². The third-order valence-electron chi connectivity index (χ3n) is 4.11. The number of rotatable bonds is 3. The maximum atomic E-state index is 12.6. The van der Waals surface area contributed by atoms with E-state index in [2.05, 4.69) is 20.6 Å². The van der Waals surface area contributed by atoms with Crippen molar-refractivity contribution < 1.29 is 9.78 Å². The summed E-state index contributed by atoms with van der Waals surface area (Å²) in [6.07, 6.45) is 1.65. The average Bonchev–Trinajstić information content (AvgIpc) is 2.68. The lowest BCUT2D eigenvalue weighted by molar-refractivity contribution is -0.335. The second-order valence-electron chi connectivity index (χ2n) is 5.73. The molecule has 0 saturated heterocycles. The van der Waals surface area contributed by atoms with Crippen LogP contribution >= 0.6 is 0 Å². The van der Waals surface area contributed by atoms with Gasteiger partial charge in [0.05, 0.1) is 22.8 Å². The maximum Gasteiger partial charge on any atom is 0.359 e. The fourth-order valence-electron chi connectivity index (χ4n) is 2.83. The molecule has 26 heavy (non-hydrogen) atoms. The molecule has 0 radical (unpaired) electrons. The van der Waals surface area contributed by atoms with Gasteiger partial charge in [0.2, 0.25) is 0 Å². The fraction of sp³-hybridized carbons (Fsp3) is 0.0526. The first-order valence-corrected chi connectivity index (χ1v) is 8.09. The molecule has 2 heterocycles. The Bertz CT molecular complexity index is 1200. The summed E-state index contributed by atoms with van der Waals surface area (Å²) in [4.78, 5) is 32.2. The van der Waals surface area contributed by atoms with Crippen LogP contribution in [0.4, 0.5) is 11.5 Å². The number of hydrogen-bond acceptors (Lipinski definition) is 4. The monoisotopic (exact) mass is 346 g/mol. The van der Waals surface area contributed by atoms with E-state index in [1.807, 2.05) is 24.3 Å². The standard InChI is InChI=1S/C19H15N5O2/c1-20-17(25)12-6-2-4-8-14(12)21-16-10-11-24-18(26)13-7-3-5-9-15(13)22-19(24)23-16/h2-11H,1H3,(H,20,25)(H,21,22,23)/p+1. The molecular weight excluding hydrogens is 330 g/mol. The molecular formula is C19H16N5O2+. The molecule has 0 unspecified atom stereocenters. The van der Waals surface area contributed by atoms with Crippen molar-refractivity contribution in [1.82, 2.24) is 14.7 Å². The summed E-state index contributed by atoms with van der Waals surface area (Å²) in [5, 5.41) is 6.35. The number of para-hydroxylation sites is 2. The second-order valence-corrected chi connectivity index (χ2v) is 5.73. The number of hydrogen-bond donors (Lipinski definition) is 2. The molecule has 7 nitrogen and oxygen atoms in total. The molecule has 0 aliphatic heterocycles. The molecule has 0 aliphatic rings. The van der Waals surface area contributed by atoms with Crippen LogP contribution in [0.25, 0.3) is 16.7 Å².